The first-order valence-corrected chi connectivity index (χ1v) is 32.0. The molecule has 1 aromatic heterocycles. The zero-order chi connectivity index (χ0) is 63.7. The average molecular weight is 1180 g/mol. The topological polar surface area (TPSA) is 8.17 Å². The van der Waals surface area contributed by atoms with Crippen molar-refractivity contribution in [3.63, 3.8) is 0 Å². The van der Waals surface area contributed by atoms with Crippen molar-refractivity contribution in [2.75, 3.05) is 4.90 Å². The van der Waals surface area contributed by atoms with Crippen LogP contribution in [0.2, 0.25) is 0 Å². The van der Waals surface area contributed by atoms with Gasteiger partial charge in [0.2, 0.25) is 0 Å². The van der Waals surface area contributed by atoms with E-state index in [4.69, 9.17) is 0 Å². The van der Waals surface area contributed by atoms with E-state index >= 15 is 0 Å². The number of benzene rings is 12. The molecule has 0 saturated carbocycles. The van der Waals surface area contributed by atoms with Crippen LogP contribution in [0, 0.1) is 13.8 Å². The minimum absolute atomic E-state index is 0.588. The second kappa shape index (κ2) is 33.2. The minimum Gasteiger partial charge on any atom is -0.344 e. The molecule has 0 radical (unpaired) electrons. The van der Waals surface area contributed by atoms with Crippen LogP contribution in [0.3, 0.4) is 0 Å². The molecule has 0 spiro atoms. The summed E-state index contributed by atoms with van der Waals surface area (Å²) in [7, 11) is 2.17. The van der Waals surface area contributed by atoms with Crippen LogP contribution >= 0.6 is 0 Å². The predicted octanol–water partition coefficient (Wildman–Crippen LogP) is 26.0. The minimum atomic E-state index is 0.588. The van der Waals surface area contributed by atoms with Gasteiger partial charge in [0, 0.05) is 45.9 Å². The van der Waals surface area contributed by atoms with E-state index < -0.39 is 0 Å². The first-order valence-electron chi connectivity index (χ1n) is 32.0. The third-order valence-corrected chi connectivity index (χ3v) is 16.5. The zero-order valence-corrected chi connectivity index (χ0v) is 54.3. The molecule has 0 aliphatic heterocycles. The van der Waals surface area contributed by atoms with Crippen LogP contribution in [0.4, 0.5) is 17.1 Å². The van der Waals surface area contributed by atoms with Crippen LogP contribution in [0.15, 0.2) is 340 Å². The Hall–Kier alpha value is -10.5. The molecule has 0 amide bonds. The van der Waals surface area contributed by atoms with E-state index in [0.717, 1.165) is 29.9 Å². The van der Waals surface area contributed by atoms with Gasteiger partial charge in [-0.15, -0.1) is 6.58 Å². The molecule has 0 unspecified atom stereocenters. The van der Waals surface area contributed by atoms with Crippen LogP contribution in [0.5, 0.6) is 0 Å². The molecule has 0 aliphatic carbocycles. The van der Waals surface area contributed by atoms with Gasteiger partial charge in [0.05, 0.1) is 0 Å². The summed E-state index contributed by atoms with van der Waals surface area (Å²) in [4.78, 5) is 2.29. The molecule has 0 N–H and O–H groups in total. The standard InChI is InChI=1S/C65H52N2.2C7H8.C6H10.C4H8/c1-4-45(2)46-15-17-47(18-16-46)48-19-21-49(22-20-48)51-27-31-55(32-28-51)57-37-41-64-62(43-57)63-44-58(38-42-65(63)66(64)3)56-33-29-52(30-34-56)50-23-25-53(26-24-50)54-35-39-61(40-36-54)67(59-11-7-5-8-12-59)60-13-9-6-10-14-60;2*1-7-5-3-2-4-6-7;1-3-5-6-4-2;1-3-4-2/h5-45H,4H2,1-3H3;2*2-6H,1H3;3-6H,1-2H3;3H,1,4H2,2H3/b;;;5-3-,6-4-;/t45-;;;;/m1..../s1. The maximum Gasteiger partial charge on any atom is 0.0489 e. The quantitative estimate of drug-likeness (QED) is 0.0825. The number of hydrogen-bond acceptors (Lipinski definition) is 1. The third kappa shape index (κ3) is 17.4. The summed E-state index contributed by atoms with van der Waals surface area (Å²) in [5, 5.41) is 2.54. The zero-order valence-electron chi connectivity index (χ0n) is 54.3. The van der Waals surface area contributed by atoms with Gasteiger partial charge in [-0.25, -0.2) is 0 Å². The van der Waals surface area contributed by atoms with E-state index in [0.29, 0.717) is 5.92 Å². The molecule has 13 rings (SSSR count). The average Bonchev–Trinajstić information content (AvgIpc) is 1.69. The molecule has 0 fully saturated rings. The summed E-state index contributed by atoms with van der Waals surface area (Å²) in [6, 6.07) is 109. The highest BCUT2D eigenvalue weighted by atomic mass is 15.1. The van der Waals surface area contributed by atoms with Crippen LogP contribution < -0.4 is 4.90 Å². The van der Waals surface area contributed by atoms with E-state index in [1.54, 1.807) is 0 Å². The lowest BCUT2D eigenvalue weighted by Gasteiger charge is -2.25. The number of hydrogen-bond donors (Lipinski definition) is 0. The number of fused-ring (bicyclic) bond motifs is 3. The lowest BCUT2D eigenvalue weighted by molar-refractivity contribution is 0.734. The molecule has 2 heteroatoms. The summed E-state index contributed by atoms with van der Waals surface area (Å²) >= 11 is 0. The van der Waals surface area contributed by atoms with Gasteiger partial charge in [0.15, 0.2) is 0 Å². The van der Waals surface area contributed by atoms with Crippen molar-refractivity contribution >= 4 is 38.9 Å². The van der Waals surface area contributed by atoms with Gasteiger partial charge in [-0.2, -0.15) is 0 Å². The maximum atomic E-state index is 3.48. The van der Waals surface area contributed by atoms with E-state index in [1.165, 1.54) is 105 Å². The van der Waals surface area contributed by atoms with Gasteiger partial charge in [-0.3, -0.25) is 0 Å². The number of anilines is 3. The maximum absolute atomic E-state index is 3.48. The largest absolute Gasteiger partial charge is 0.344 e. The Morgan fingerprint density at radius 2 is 0.604 bits per heavy atom. The molecule has 1 atom stereocenters. The number of rotatable bonds is 13. The van der Waals surface area contributed by atoms with Gasteiger partial charge in [-0.05, 0) is 179 Å². The molecular weight excluding hydrogens is 1100 g/mol. The smallest absolute Gasteiger partial charge is 0.0489 e. The highest BCUT2D eigenvalue weighted by molar-refractivity contribution is 6.10. The Bertz CT molecular complexity index is 4260. The van der Waals surface area contributed by atoms with Gasteiger partial charge in [0.25, 0.3) is 0 Å². The first kappa shape index (κ1) is 64.9. The Balaban J connectivity index is 0.000000343. The second-order valence-electron chi connectivity index (χ2n) is 22.9. The van der Waals surface area contributed by atoms with E-state index in [1.807, 2.05) is 80.6 Å². The summed E-state index contributed by atoms with van der Waals surface area (Å²) in [6.07, 6.45) is 12.1. The molecule has 13 aromatic rings. The Kier molecular flexibility index (Phi) is 23.7. The van der Waals surface area contributed by atoms with Crippen molar-refractivity contribution in [1.29, 1.82) is 0 Å². The monoisotopic (exact) mass is 1180 g/mol. The molecule has 0 bridgehead atoms. The highest BCUT2D eigenvalue weighted by Gasteiger charge is 2.15. The van der Waals surface area contributed by atoms with Gasteiger partial charge in [-0.1, -0.05) is 305 Å². The van der Waals surface area contributed by atoms with Crippen molar-refractivity contribution in [3.8, 4) is 66.8 Å². The van der Waals surface area contributed by atoms with Gasteiger partial charge < -0.3 is 9.47 Å². The normalized spacial score (nSPS) is 11.1. The molecule has 0 aliphatic rings. The van der Waals surface area contributed by atoms with Crippen LogP contribution in [-0.2, 0) is 7.05 Å². The van der Waals surface area contributed by atoms with Crippen molar-refractivity contribution in [2.24, 2.45) is 7.05 Å². The second-order valence-corrected chi connectivity index (χ2v) is 22.9. The fourth-order valence-electron chi connectivity index (χ4n) is 10.9. The Labute approximate surface area is 543 Å². The SMILES string of the molecule is C/C=C\C=C/C.C=CCC.CC[C@@H](C)c1ccc(-c2ccc(-c3ccc(-c4ccc5c(c4)c4cc(-c6ccc(-c7ccc(-c8ccc(N(c9ccccc9)c9ccccc9)cc8)cc7)cc6)ccc4n5C)cc3)cc2)cc1.Cc1ccccc1.Cc1ccccc1. The molecule has 1 heterocycles. The van der Waals surface area contributed by atoms with Crippen LogP contribution in [0.25, 0.3) is 88.6 Å². The number of nitrogens with zero attached hydrogens (tertiary/aromatic N) is 2. The summed E-state index contributed by atoms with van der Waals surface area (Å²) < 4.78 is 2.32. The Morgan fingerprint density at radius 1 is 0.352 bits per heavy atom. The predicted molar refractivity (Wildman–Crippen MR) is 399 cm³/mol. The summed E-state index contributed by atoms with van der Waals surface area (Å²) in [5.41, 5.74) is 24.5. The van der Waals surface area contributed by atoms with E-state index in [2.05, 4.69) is 325 Å². The number of para-hydroxylation sites is 2. The molecule has 12 aromatic carbocycles. The van der Waals surface area contributed by atoms with E-state index in [-0.39, 0.29) is 0 Å². The number of allylic oxidation sites excluding steroid dienone is 5. The van der Waals surface area contributed by atoms with E-state index in [9.17, 15) is 0 Å². The van der Waals surface area contributed by atoms with Crippen molar-refractivity contribution < 1.29 is 0 Å². The molecule has 91 heavy (non-hydrogen) atoms. The summed E-state index contributed by atoms with van der Waals surface area (Å²) in [5.74, 6) is 0.588. The number of aryl methyl sites for hydroxylation is 3. The molecular formula is C89H86N2. The fraction of sp³-hybridized carbons (Fsp3) is 0.124. The van der Waals surface area contributed by atoms with Gasteiger partial charge in [0.1, 0.15) is 0 Å². The van der Waals surface area contributed by atoms with Crippen molar-refractivity contribution in [2.45, 2.75) is 67.2 Å². The molecule has 452 valence electrons. The van der Waals surface area contributed by atoms with Crippen molar-refractivity contribution in [1.82, 2.24) is 4.57 Å². The highest BCUT2D eigenvalue weighted by Crippen LogP contribution is 2.38. The van der Waals surface area contributed by atoms with Crippen molar-refractivity contribution in [3.05, 3.63) is 357 Å². The lowest BCUT2D eigenvalue weighted by atomic mass is 9.95. The lowest BCUT2D eigenvalue weighted by Crippen LogP contribution is -2.09. The fourth-order valence-corrected chi connectivity index (χ4v) is 10.9. The van der Waals surface area contributed by atoms with Crippen LogP contribution in [-0.4, -0.2) is 4.57 Å². The third-order valence-electron chi connectivity index (χ3n) is 16.5. The van der Waals surface area contributed by atoms with Crippen LogP contribution in [0.1, 0.15) is 70.1 Å². The first-order chi connectivity index (χ1) is 44.6. The summed E-state index contributed by atoms with van der Waals surface area (Å²) in [6.45, 7) is 18.2. The molecule has 0 saturated heterocycles. The van der Waals surface area contributed by atoms with Gasteiger partial charge >= 0.3 is 0 Å². The molecule has 2 nitrogen and oxygen atoms in total. The Morgan fingerprint density at radius 3 is 0.868 bits per heavy atom. The number of aromatic nitrogens is 1.